The predicted molar refractivity (Wildman–Crippen MR) is 111 cm³/mol. The van der Waals surface area contributed by atoms with Crippen LogP contribution in [-0.2, 0) is 4.79 Å². The molecule has 0 radical (unpaired) electrons. The number of aliphatic hydroxyl groups is 4. The first-order valence-corrected chi connectivity index (χ1v) is 11.9. The molecule has 0 amide bonds. The molecule has 6 nitrogen and oxygen atoms in total. The standard InChI is InChI=1S/C24H40O6/c1-12(4-5-20(29)30)22-18(27)10-16-21-15(11-19(28)24(16,22)3)23(2)7-6-14(25)8-13(23)9-17(21)26/h12-19,21-22,25-28H,4-11H2,1-3H3,(H,29,30)/t12-,13+,14-,15+,16+,17-,18-,19+,21-,22+,23+,24-/m1/s1. The van der Waals surface area contributed by atoms with Gasteiger partial charge in [-0.3, -0.25) is 4.79 Å². The molecule has 0 aromatic heterocycles. The lowest BCUT2D eigenvalue weighted by Gasteiger charge is -2.63. The molecule has 4 aliphatic rings. The van der Waals surface area contributed by atoms with E-state index in [1.807, 2.05) is 6.92 Å². The highest BCUT2D eigenvalue weighted by molar-refractivity contribution is 5.66. The van der Waals surface area contributed by atoms with E-state index >= 15 is 0 Å². The van der Waals surface area contributed by atoms with Gasteiger partial charge >= 0.3 is 5.97 Å². The van der Waals surface area contributed by atoms with E-state index in [1.165, 1.54) is 0 Å². The lowest BCUT2D eigenvalue weighted by Crippen LogP contribution is -2.62. The van der Waals surface area contributed by atoms with Gasteiger partial charge in [-0.25, -0.2) is 0 Å². The van der Waals surface area contributed by atoms with Gasteiger partial charge in [-0.15, -0.1) is 0 Å². The molecule has 4 rings (SSSR count). The summed E-state index contributed by atoms with van der Waals surface area (Å²) in [6.07, 6.45) is 2.93. The first-order valence-electron chi connectivity index (χ1n) is 11.9. The zero-order valence-electron chi connectivity index (χ0n) is 18.6. The summed E-state index contributed by atoms with van der Waals surface area (Å²) in [5.41, 5.74) is -0.514. The molecule has 0 unspecified atom stereocenters. The third-order valence-electron chi connectivity index (χ3n) is 10.3. The molecular formula is C24H40O6. The maximum Gasteiger partial charge on any atom is 0.303 e. The summed E-state index contributed by atoms with van der Waals surface area (Å²) in [4.78, 5) is 11.1. The summed E-state index contributed by atoms with van der Waals surface area (Å²) in [5, 5.41) is 53.1. The Morgan fingerprint density at radius 3 is 2.37 bits per heavy atom. The molecule has 0 aromatic carbocycles. The molecule has 0 saturated heterocycles. The van der Waals surface area contributed by atoms with Crippen LogP contribution in [0.1, 0.15) is 72.1 Å². The number of rotatable bonds is 4. The van der Waals surface area contributed by atoms with E-state index in [4.69, 9.17) is 5.11 Å². The second kappa shape index (κ2) is 7.72. The van der Waals surface area contributed by atoms with Crippen molar-refractivity contribution < 1.29 is 30.3 Å². The van der Waals surface area contributed by atoms with Crippen LogP contribution >= 0.6 is 0 Å². The minimum absolute atomic E-state index is 0.00337. The molecule has 0 heterocycles. The normalized spacial score (nSPS) is 54.0. The molecule has 6 heteroatoms. The molecule has 4 aliphatic carbocycles. The Labute approximate surface area is 179 Å². The number of carbonyl (C=O) groups is 1. The van der Waals surface area contributed by atoms with E-state index in [1.54, 1.807) is 0 Å². The van der Waals surface area contributed by atoms with E-state index in [2.05, 4.69) is 13.8 Å². The first kappa shape index (κ1) is 22.5. The number of aliphatic carboxylic acids is 1. The Morgan fingerprint density at radius 1 is 1.00 bits per heavy atom. The minimum Gasteiger partial charge on any atom is -0.481 e. The van der Waals surface area contributed by atoms with Gasteiger partial charge in [-0.1, -0.05) is 20.8 Å². The van der Waals surface area contributed by atoms with Gasteiger partial charge < -0.3 is 25.5 Å². The molecule has 0 spiro atoms. The number of hydrogen-bond donors (Lipinski definition) is 5. The highest BCUT2D eigenvalue weighted by atomic mass is 16.4. The van der Waals surface area contributed by atoms with Gasteiger partial charge in [0, 0.05) is 11.8 Å². The van der Waals surface area contributed by atoms with E-state index < -0.39 is 29.7 Å². The van der Waals surface area contributed by atoms with Crippen LogP contribution < -0.4 is 0 Å². The zero-order valence-corrected chi connectivity index (χ0v) is 18.6. The van der Waals surface area contributed by atoms with Gasteiger partial charge in [0.2, 0.25) is 0 Å². The van der Waals surface area contributed by atoms with Gasteiger partial charge in [-0.2, -0.15) is 0 Å². The smallest absolute Gasteiger partial charge is 0.303 e. The van der Waals surface area contributed by atoms with Crippen molar-refractivity contribution in [2.24, 2.45) is 46.3 Å². The van der Waals surface area contributed by atoms with Crippen molar-refractivity contribution in [2.75, 3.05) is 0 Å². The molecule has 0 aromatic rings. The van der Waals surface area contributed by atoms with Crippen LogP contribution in [0.4, 0.5) is 0 Å². The third kappa shape index (κ3) is 3.25. The van der Waals surface area contributed by atoms with Gasteiger partial charge in [-0.05, 0) is 85.9 Å². The maximum atomic E-state index is 11.5. The van der Waals surface area contributed by atoms with Crippen molar-refractivity contribution in [1.29, 1.82) is 0 Å². The van der Waals surface area contributed by atoms with E-state index in [9.17, 15) is 25.2 Å². The first-order chi connectivity index (χ1) is 14.0. The average Bonchev–Trinajstić information content (AvgIpc) is 2.93. The van der Waals surface area contributed by atoms with Crippen LogP contribution in [0.5, 0.6) is 0 Å². The second-order valence-electron chi connectivity index (χ2n) is 11.6. The maximum absolute atomic E-state index is 11.5. The molecule has 0 aliphatic heterocycles. The zero-order chi connectivity index (χ0) is 22.0. The van der Waals surface area contributed by atoms with Gasteiger partial charge in [0.15, 0.2) is 0 Å². The fourth-order valence-corrected chi connectivity index (χ4v) is 8.76. The molecule has 12 atom stereocenters. The van der Waals surface area contributed by atoms with Gasteiger partial charge in [0.1, 0.15) is 0 Å². The van der Waals surface area contributed by atoms with Gasteiger partial charge in [0.25, 0.3) is 0 Å². The van der Waals surface area contributed by atoms with Crippen molar-refractivity contribution in [3.05, 3.63) is 0 Å². The minimum atomic E-state index is -0.832. The van der Waals surface area contributed by atoms with E-state index in [-0.39, 0.29) is 53.4 Å². The summed E-state index contributed by atoms with van der Waals surface area (Å²) >= 11 is 0. The lowest BCUT2D eigenvalue weighted by molar-refractivity contribution is -0.207. The predicted octanol–water partition coefficient (Wildman–Crippen LogP) is 2.42. The van der Waals surface area contributed by atoms with Crippen molar-refractivity contribution in [1.82, 2.24) is 0 Å². The van der Waals surface area contributed by atoms with Crippen LogP contribution in [-0.4, -0.2) is 55.9 Å². The molecule has 4 fully saturated rings. The average molecular weight is 425 g/mol. The van der Waals surface area contributed by atoms with Crippen molar-refractivity contribution in [3.63, 3.8) is 0 Å². The highest BCUT2D eigenvalue weighted by Gasteiger charge is 2.67. The monoisotopic (exact) mass is 424 g/mol. The van der Waals surface area contributed by atoms with Crippen molar-refractivity contribution >= 4 is 5.97 Å². The Bertz CT molecular complexity index is 668. The number of carboxylic acid groups (broad SMARTS) is 1. The Balaban J connectivity index is 1.65. The second-order valence-corrected chi connectivity index (χ2v) is 11.6. The van der Waals surface area contributed by atoms with Crippen LogP contribution in [0.15, 0.2) is 0 Å². The molecule has 5 N–H and O–H groups in total. The summed E-state index contributed by atoms with van der Waals surface area (Å²) in [5.74, 6) is -0.478. The quantitative estimate of drug-likeness (QED) is 0.473. The number of carboxylic acids is 1. The van der Waals surface area contributed by atoms with Crippen molar-refractivity contribution in [3.8, 4) is 0 Å². The SMILES string of the molecule is C[C@H](CCC(=O)O)[C@H]1[C@H](O)C[C@H]2[C@@H]3[C@H](O)C[C@@H]4C[C@H](O)CC[C@]4(C)[C@H]3C[C@H](O)[C@]12C. The molecule has 0 bridgehead atoms. The van der Waals surface area contributed by atoms with E-state index in [0.29, 0.717) is 25.7 Å². The summed E-state index contributed by atoms with van der Waals surface area (Å²) in [6.45, 7) is 6.36. The van der Waals surface area contributed by atoms with Crippen molar-refractivity contribution in [2.45, 2.75) is 96.6 Å². The number of hydrogen-bond acceptors (Lipinski definition) is 5. The van der Waals surface area contributed by atoms with Crippen LogP contribution in [0.2, 0.25) is 0 Å². The summed E-state index contributed by atoms with van der Waals surface area (Å²) in [6, 6.07) is 0. The van der Waals surface area contributed by atoms with Crippen LogP contribution in [0.25, 0.3) is 0 Å². The number of aliphatic hydroxyl groups excluding tert-OH is 4. The van der Waals surface area contributed by atoms with E-state index in [0.717, 1.165) is 19.3 Å². The number of fused-ring (bicyclic) bond motifs is 5. The fourth-order valence-electron chi connectivity index (χ4n) is 8.76. The van der Waals surface area contributed by atoms with Crippen LogP contribution in [0, 0.1) is 46.3 Å². The fraction of sp³-hybridized carbons (Fsp3) is 0.958. The Hall–Kier alpha value is -0.690. The molecular weight excluding hydrogens is 384 g/mol. The summed E-state index contributed by atoms with van der Waals surface area (Å²) < 4.78 is 0. The van der Waals surface area contributed by atoms with Gasteiger partial charge in [0.05, 0.1) is 24.4 Å². The Morgan fingerprint density at radius 2 is 1.70 bits per heavy atom. The third-order valence-corrected chi connectivity index (χ3v) is 10.3. The lowest BCUT2D eigenvalue weighted by atomic mass is 9.43. The molecule has 4 saturated carbocycles. The molecule has 172 valence electrons. The Kier molecular flexibility index (Phi) is 5.79. The topological polar surface area (TPSA) is 118 Å². The summed E-state index contributed by atoms with van der Waals surface area (Å²) in [7, 11) is 0. The van der Waals surface area contributed by atoms with Crippen LogP contribution in [0.3, 0.4) is 0 Å². The largest absolute Gasteiger partial charge is 0.481 e. The molecule has 30 heavy (non-hydrogen) atoms. The highest BCUT2D eigenvalue weighted by Crippen LogP contribution is 2.68.